The third-order valence-corrected chi connectivity index (χ3v) is 20.5. The molecule has 5 aromatic rings. The molecule has 0 spiro atoms. The Bertz CT molecular complexity index is 4130. The Hall–Kier alpha value is -6.94. The zero-order valence-electron chi connectivity index (χ0n) is 54.1. The lowest BCUT2D eigenvalue weighted by molar-refractivity contribution is -0.127. The molecule has 14 atom stereocenters. The largest absolute Gasteiger partial charge is 0.509 e. The number of carbonyl (C=O) groups is 4. The number of aromatic nitrogens is 6. The van der Waals surface area contributed by atoms with Crippen molar-refractivity contribution in [1.82, 2.24) is 28.7 Å². The summed E-state index contributed by atoms with van der Waals surface area (Å²) in [5.74, 6) is -2.17. The smallest absolute Gasteiger partial charge is 0.479 e. The summed E-state index contributed by atoms with van der Waals surface area (Å²) in [6, 6.07) is 15.6. The van der Waals surface area contributed by atoms with E-state index in [1.807, 2.05) is 93.5 Å². The first kappa shape index (κ1) is 75.4. The second-order valence-electron chi connectivity index (χ2n) is 26.0. The van der Waals surface area contributed by atoms with Gasteiger partial charge >= 0.3 is 23.2 Å². The van der Waals surface area contributed by atoms with E-state index < -0.39 is 158 Å². The summed E-state index contributed by atoms with van der Waals surface area (Å²) >= 11 is 0. The van der Waals surface area contributed by atoms with E-state index in [-0.39, 0.29) is 41.8 Å². The van der Waals surface area contributed by atoms with Crippen molar-refractivity contribution in [3.63, 3.8) is 0 Å². The van der Waals surface area contributed by atoms with Crippen molar-refractivity contribution in [2.75, 3.05) is 71.7 Å². The number of carbonyl (C=O) groups excluding carboxylic acids is 4. The highest BCUT2D eigenvalue weighted by Crippen LogP contribution is 2.46. The minimum atomic E-state index is -1.71. The monoisotopic (exact) mass is 1390 g/mol. The number of rotatable bonds is 22. The normalized spacial score (nSPS) is 24.6. The van der Waals surface area contributed by atoms with E-state index in [0.717, 1.165) is 80.7 Å². The number of aromatic amines is 3. The summed E-state index contributed by atoms with van der Waals surface area (Å²) < 4.78 is 35.7. The molecule has 29 nitrogen and oxygen atoms in total. The van der Waals surface area contributed by atoms with Crippen LogP contribution in [0.5, 0.6) is 5.75 Å². The number of fused-ring (bicyclic) bond motifs is 3. The molecule has 3 aliphatic heterocycles. The maximum absolute atomic E-state index is 12.8. The van der Waals surface area contributed by atoms with Crippen LogP contribution in [-0.2, 0) is 38.1 Å². The molecule has 2 aromatic carbocycles. The van der Waals surface area contributed by atoms with E-state index >= 15 is 0 Å². The fourth-order valence-electron chi connectivity index (χ4n) is 11.0. The fraction of sp³-hybridized carbons (Fsp3) is 0.508. The van der Waals surface area contributed by atoms with Gasteiger partial charge in [-0.05, 0) is 121 Å². The van der Waals surface area contributed by atoms with Crippen LogP contribution in [0.3, 0.4) is 0 Å². The van der Waals surface area contributed by atoms with Crippen LogP contribution in [0.25, 0.3) is 11.1 Å². The van der Waals surface area contributed by atoms with Gasteiger partial charge < -0.3 is 64.2 Å². The number of nitrogens with one attached hydrogen (secondary N) is 3. The van der Waals surface area contributed by atoms with Gasteiger partial charge in [0.2, 0.25) is 5.75 Å². The second-order valence-corrected chi connectivity index (χ2v) is 39.0. The average Bonchev–Trinajstić information content (AvgIpc) is 1.69. The Morgan fingerprint density at radius 3 is 1.28 bits per heavy atom. The van der Waals surface area contributed by atoms with E-state index in [2.05, 4.69) is 28.9 Å². The van der Waals surface area contributed by atoms with Gasteiger partial charge in [-0.3, -0.25) is 57.4 Å². The van der Waals surface area contributed by atoms with Gasteiger partial charge in [0.05, 0.1) is 35.6 Å². The van der Waals surface area contributed by atoms with Crippen molar-refractivity contribution in [3.05, 3.63) is 152 Å². The molecule has 1 aliphatic carbocycles. The van der Waals surface area contributed by atoms with Crippen LogP contribution in [0, 0.1) is 0 Å². The summed E-state index contributed by atoms with van der Waals surface area (Å²) in [5, 5.41) is 72.1. The molecule has 10 N–H and O–H groups in total. The Morgan fingerprint density at radius 2 is 0.905 bits per heavy atom. The van der Waals surface area contributed by atoms with Crippen molar-refractivity contribution < 1.29 is 83.3 Å². The first-order valence-corrected chi connectivity index (χ1v) is 39.4. The third-order valence-electron chi connectivity index (χ3n) is 16.1. The number of ether oxygens (including phenoxy) is 6. The van der Waals surface area contributed by atoms with E-state index in [1.54, 1.807) is 0 Å². The zero-order chi connectivity index (χ0) is 70.5. The Kier molecular flexibility index (Phi) is 24.7. The van der Waals surface area contributed by atoms with Gasteiger partial charge in [0, 0.05) is 18.3 Å². The number of nitrogens with zero attached hydrogens (tertiary/aromatic N) is 3. The molecule has 0 bridgehead atoms. The van der Waals surface area contributed by atoms with Gasteiger partial charge in [-0.2, -0.15) is 0 Å². The molecule has 3 fully saturated rings. The SMILES string of the molecule is C=P(C)(C)CC[C@H]1O[C@@H](n2cc(C(O)C(C)=O)c(=O)[nH]c2=O)[C@H](O)[C@@H]1O.C=P(C)(C)CC[C@H]1O[C@@H](n2cc(C(OC(=O)OCC3c4ccccc4-c4ccccc43)C(C)=O)c(=O)[nH]c2=O)[C@H](O)[C@@H]1O.C=P(C)(C)CC[C@H]1O[C@@H](n2cc(OCC(C)=O)c(=O)[nH]c2=O)[C@H](O)[C@@H]1O. The highest BCUT2D eigenvalue weighted by atomic mass is 31.2. The van der Waals surface area contributed by atoms with Crippen LogP contribution in [0.15, 0.2) is 95.9 Å². The summed E-state index contributed by atoms with van der Waals surface area (Å²) in [6.45, 7) is 11.2. The lowest BCUT2D eigenvalue weighted by Gasteiger charge is -2.21. The first-order valence-electron chi connectivity index (χ1n) is 30.2. The van der Waals surface area contributed by atoms with Crippen LogP contribution in [0.2, 0.25) is 0 Å². The lowest BCUT2D eigenvalue weighted by atomic mass is 9.98. The first-order chi connectivity index (χ1) is 44.3. The second kappa shape index (κ2) is 31.1. The number of ketones is 3. The average molecular weight is 1390 g/mol. The number of aliphatic hydroxyl groups is 7. The summed E-state index contributed by atoms with van der Waals surface area (Å²) in [6.07, 6.45) is 0.465. The topological polar surface area (TPSA) is 430 Å². The Labute approximate surface area is 545 Å². The molecule has 9 rings (SSSR count). The predicted molar refractivity (Wildman–Crippen MR) is 359 cm³/mol. The summed E-state index contributed by atoms with van der Waals surface area (Å²) in [5.41, 5.74) is -1.92. The number of hydrogen-bond donors (Lipinski definition) is 10. The van der Waals surface area contributed by atoms with Gasteiger partial charge in [-0.1, -0.05) is 48.5 Å². The molecule has 3 saturated heterocycles. The van der Waals surface area contributed by atoms with Crippen LogP contribution in [0.1, 0.15) is 99.1 Å². The maximum Gasteiger partial charge on any atom is 0.509 e. The van der Waals surface area contributed by atoms with Crippen molar-refractivity contribution in [2.45, 2.75) is 132 Å². The summed E-state index contributed by atoms with van der Waals surface area (Å²) in [4.78, 5) is 127. The number of H-pyrrole nitrogens is 3. The van der Waals surface area contributed by atoms with Gasteiger partial charge in [0.1, 0.15) is 55.9 Å². The molecule has 95 heavy (non-hydrogen) atoms. The number of aliphatic hydroxyl groups excluding tert-OH is 7. The Balaban J connectivity index is 0.000000213. The molecule has 0 radical (unpaired) electrons. The third kappa shape index (κ3) is 18.8. The standard InChI is InChI=1S/C31H35N2O9P.2C16H25N2O7P/c1-17(34)27(42-31(39)40-16-23-20-11-7-5-9-18(20)19-10-6-8-12-21(19)23)22-15-33(30(38)32-28(22)37)29-26(36)25(35)24(41-29)13-14-43(2,3)4;1-9(19)8-24-11-7-18(16(23)17-14(11)22)15-13(21)12(20)10(25-15)5-6-26(2,3)4;1-8(19)11(20)9-7-18(16(24)17-14(9)23)15-13(22)12(21)10(25-15)5-6-26(2,3)4/h5-12,15,23-27,29,35-36H,2,13-14,16H2,1,3-4H3,(H,32,37,38);7,10,12-13,15,20-21H,2,5-6,8H2,1,3-4H3,(H,17,22,23);7,10-13,15,20-22H,2,5-6H2,1,3-4H3,(H,17,23,24)/t24-,25-,26-,27?,29-;10-,12-,13-,15-;10-,11?,12-,13-,15-/m111/s1. The molecule has 32 heteroatoms. The number of benzene rings is 2. The van der Waals surface area contributed by atoms with E-state index in [9.17, 15) is 83.7 Å². The highest BCUT2D eigenvalue weighted by Gasteiger charge is 2.47. The molecule has 520 valence electrons. The minimum absolute atomic E-state index is 0.0684. The quantitative estimate of drug-likeness (QED) is 0.0341. The van der Waals surface area contributed by atoms with Gasteiger partial charge in [0.25, 0.3) is 16.7 Å². The maximum atomic E-state index is 12.8. The van der Waals surface area contributed by atoms with Crippen molar-refractivity contribution in [2.24, 2.45) is 0 Å². The molecular formula is C63H85N6O23P3. The molecular weight excluding hydrogens is 1300 g/mol. The van der Waals surface area contributed by atoms with Crippen molar-refractivity contribution >= 4 is 63.1 Å². The molecule has 3 aromatic heterocycles. The van der Waals surface area contributed by atoms with Crippen LogP contribution in [-0.4, -0.2) is 233 Å². The molecule has 0 amide bonds. The zero-order valence-corrected chi connectivity index (χ0v) is 56.8. The van der Waals surface area contributed by atoms with Gasteiger partial charge in [0.15, 0.2) is 42.1 Å². The number of Topliss-reactive ketones (excluding diaryl/α,β-unsaturated/α-hetero) is 3. The van der Waals surface area contributed by atoms with Gasteiger partial charge in [-0.15, -0.1) is 39.6 Å². The number of hydrogen-bond acceptors (Lipinski definition) is 23. The fourth-order valence-corrected chi connectivity index (χ4v) is 13.9. The molecule has 4 aliphatic rings. The van der Waals surface area contributed by atoms with E-state index in [1.165, 1.54) is 6.92 Å². The highest BCUT2D eigenvalue weighted by molar-refractivity contribution is 7.72. The van der Waals surface area contributed by atoms with Crippen molar-refractivity contribution in [3.8, 4) is 16.9 Å². The molecule has 6 heterocycles. The molecule has 0 saturated carbocycles. The molecule has 2 unspecified atom stereocenters. The van der Waals surface area contributed by atoms with Crippen LogP contribution in [0.4, 0.5) is 4.79 Å². The Morgan fingerprint density at radius 1 is 0.537 bits per heavy atom. The van der Waals surface area contributed by atoms with Crippen LogP contribution >= 0.6 is 20.7 Å². The lowest BCUT2D eigenvalue weighted by Crippen LogP contribution is -2.40. The van der Waals surface area contributed by atoms with E-state index in [4.69, 9.17) is 28.4 Å². The van der Waals surface area contributed by atoms with Crippen LogP contribution < -0.4 is 38.5 Å². The van der Waals surface area contributed by atoms with Gasteiger partial charge in [-0.25, -0.2) is 19.2 Å². The summed E-state index contributed by atoms with van der Waals surface area (Å²) in [7, 11) is 0. The van der Waals surface area contributed by atoms with Crippen molar-refractivity contribution in [1.29, 1.82) is 0 Å². The van der Waals surface area contributed by atoms with E-state index in [0.29, 0.717) is 25.4 Å². The minimum Gasteiger partial charge on any atom is -0.479 e. The predicted octanol–water partition coefficient (Wildman–Crippen LogP) is 0.951.